The molecule has 0 atom stereocenters. The SMILES string of the molecule is N/C(=N/O)c1ccc(NC(=O)c2ccc(Cl)cc2O)cc1. The predicted octanol–water partition coefficient (Wildman–Crippen LogP) is 2.39. The number of hydrogen-bond donors (Lipinski definition) is 4. The van der Waals surface area contributed by atoms with Crippen LogP contribution in [-0.4, -0.2) is 22.1 Å². The Morgan fingerprint density at radius 1 is 1.19 bits per heavy atom. The van der Waals surface area contributed by atoms with Crippen LogP contribution in [0.2, 0.25) is 5.02 Å². The van der Waals surface area contributed by atoms with Crippen molar-refractivity contribution in [3.8, 4) is 5.75 Å². The summed E-state index contributed by atoms with van der Waals surface area (Å²) in [6.07, 6.45) is 0. The van der Waals surface area contributed by atoms with E-state index in [0.29, 0.717) is 16.3 Å². The van der Waals surface area contributed by atoms with E-state index in [-0.39, 0.29) is 17.1 Å². The van der Waals surface area contributed by atoms with E-state index in [1.54, 1.807) is 24.3 Å². The molecule has 0 saturated carbocycles. The van der Waals surface area contributed by atoms with Crippen LogP contribution in [0.5, 0.6) is 5.75 Å². The number of carbonyl (C=O) groups is 1. The van der Waals surface area contributed by atoms with Crippen LogP contribution in [0.3, 0.4) is 0 Å². The van der Waals surface area contributed by atoms with E-state index in [1.165, 1.54) is 18.2 Å². The molecule has 1 amide bonds. The number of nitrogens with one attached hydrogen (secondary N) is 1. The fourth-order valence-corrected chi connectivity index (χ4v) is 1.84. The predicted molar refractivity (Wildman–Crippen MR) is 80.0 cm³/mol. The zero-order chi connectivity index (χ0) is 15.4. The Kier molecular flexibility index (Phi) is 4.30. The molecule has 0 aliphatic carbocycles. The molecule has 0 spiro atoms. The molecule has 0 aromatic heterocycles. The topological polar surface area (TPSA) is 108 Å². The number of phenolic OH excluding ortho intramolecular Hbond substituents is 1. The van der Waals surface area contributed by atoms with Crippen molar-refractivity contribution in [1.29, 1.82) is 0 Å². The third-order valence-electron chi connectivity index (χ3n) is 2.75. The van der Waals surface area contributed by atoms with Crippen LogP contribution < -0.4 is 11.1 Å². The molecule has 2 aromatic rings. The summed E-state index contributed by atoms with van der Waals surface area (Å²) in [6, 6.07) is 10.6. The van der Waals surface area contributed by atoms with Gasteiger partial charge in [0.1, 0.15) is 5.75 Å². The normalized spacial score (nSPS) is 11.2. The van der Waals surface area contributed by atoms with Gasteiger partial charge in [0.2, 0.25) is 0 Å². The van der Waals surface area contributed by atoms with Gasteiger partial charge in [-0.2, -0.15) is 0 Å². The van der Waals surface area contributed by atoms with Gasteiger partial charge in [0.15, 0.2) is 5.84 Å². The zero-order valence-electron chi connectivity index (χ0n) is 10.7. The summed E-state index contributed by atoms with van der Waals surface area (Å²) in [7, 11) is 0. The van der Waals surface area contributed by atoms with Gasteiger partial charge in [-0.1, -0.05) is 16.8 Å². The molecule has 0 fully saturated rings. The van der Waals surface area contributed by atoms with Crippen molar-refractivity contribution in [2.24, 2.45) is 10.9 Å². The Balaban J connectivity index is 2.16. The maximum atomic E-state index is 12.0. The molecule has 21 heavy (non-hydrogen) atoms. The first-order valence-corrected chi connectivity index (χ1v) is 6.27. The Bertz CT molecular complexity index is 699. The van der Waals surface area contributed by atoms with E-state index < -0.39 is 5.91 Å². The van der Waals surface area contributed by atoms with Crippen molar-refractivity contribution in [1.82, 2.24) is 0 Å². The van der Waals surface area contributed by atoms with Crippen molar-refractivity contribution in [3.05, 3.63) is 58.6 Å². The molecular weight excluding hydrogens is 294 g/mol. The number of halogens is 1. The largest absolute Gasteiger partial charge is 0.507 e. The molecule has 108 valence electrons. The molecule has 2 aromatic carbocycles. The molecule has 7 heteroatoms. The van der Waals surface area contributed by atoms with Crippen LogP contribution >= 0.6 is 11.6 Å². The lowest BCUT2D eigenvalue weighted by Gasteiger charge is -2.08. The van der Waals surface area contributed by atoms with Crippen molar-refractivity contribution in [2.45, 2.75) is 0 Å². The third kappa shape index (κ3) is 3.43. The number of carbonyl (C=O) groups excluding carboxylic acids is 1. The third-order valence-corrected chi connectivity index (χ3v) is 2.99. The summed E-state index contributed by atoms with van der Waals surface area (Å²) < 4.78 is 0. The number of phenols is 1. The fourth-order valence-electron chi connectivity index (χ4n) is 1.68. The monoisotopic (exact) mass is 305 g/mol. The van der Waals surface area contributed by atoms with Gasteiger partial charge >= 0.3 is 0 Å². The number of anilines is 1. The second-order valence-corrected chi connectivity index (χ2v) is 4.61. The fraction of sp³-hybridized carbons (Fsp3) is 0. The molecule has 0 heterocycles. The smallest absolute Gasteiger partial charge is 0.259 e. The number of oxime groups is 1. The summed E-state index contributed by atoms with van der Waals surface area (Å²) in [6.45, 7) is 0. The molecule has 0 unspecified atom stereocenters. The van der Waals surface area contributed by atoms with Gasteiger partial charge in [-0.25, -0.2) is 0 Å². The molecule has 0 aliphatic rings. The molecule has 0 radical (unpaired) electrons. The van der Waals surface area contributed by atoms with Gasteiger partial charge in [0.05, 0.1) is 5.56 Å². The first kappa shape index (κ1) is 14.7. The average molecular weight is 306 g/mol. The molecule has 2 rings (SSSR count). The van der Waals surface area contributed by atoms with Crippen LogP contribution in [-0.2, 0) is 0 Å². The van der Waals surface area contributed by atoms with Gasteiger partial charge in [0.25, 0.3) is 5.91 Å². The van der Waals surface area contributed by atoms with Gasteiger partial charge in [-0.3, -0.25) is 4.79 Å². The standard InChI is InChI=1S/C14H12ClN3O3/c15-9-3-6-11(12(19)7-9)14(20)17-10-4-1-8(2-5-10)13(16)18-21/h1-7,19,21H,(H2,16,18)(H,17,20). The first-order valence-electron chi connectivity index (χ1n) is 5.89. The van der Waals surface area contributed by atoms with E-state index in [9.17, 15) is 9.90 Å². The molecule has 5 N–H and O–H groups in total. The number of amidine groups is 1. The van der Waals surface area contributed by atoms with Crippen molar-refractivity contribution < 1.29 is 15.1 Å². The zero-order valence-corrected chi connectivity index (χ0v) is 11.5. The Morgan fingerprint density at radius 3 is 2.43 bits per heavy atom. The number of benzene rings is 2. The summed E-state index contributed by atoms with van der Waals surface area (Å²) in [5.74, 6) is -0.697. The highest BCUT2D eigenvalue weighted by atomic mass is 35.5. The number of amides is 1. The van der Waals surface area contributed by atoms with Crippen LogP contribution in [0.15, 0.2) is 47.6 Å². The van der Waals surface area contributed by atoms with E-state index in [1.807, 2.05) is 0 Å². The van der Waals surface area contributed by atoms with E-state index in [0.717, 1.165) is 0 Å². The lowest BCUT2D eigenvalue weighted by atomic mass is 10.1. The summed E-state index contributed by atoms with van der Waals surface area (Å²) >= 11 is 5.71. The summed E-state index contributed by atoms with van der Waals surface area (Å²) in [5.41, 5.74) is 6.57. The molecule has 6 nitrogen and oxygen atoms in total. The van der Waals surface area contributed by atoms with Gasteiger partial charge in [-0.15, -0.1) is 0 Å². The summed E-state index contributed by atoms with van der Waals surface area (Å²) in [4.78, 5) is 12.0. The second-order valence-electron chi connectivity index (χ2n) is 4.18. The highest BCUT2D eigenvalue weighted by molar-refractivity contribution is 6.31. The van der Waals surface area contributed by atoms with Gasteiger partial charge in [0, 0.05) is 16.3 Å². The first-order chi connectivity index (χ1) is 10.0. The van der Waals surface area contributed by atoms with Crippen LogP contribution in [0.25, 0.3) is 0 Å². The van der Waals surface area contributed by atoms with Crippen molar-refractivity contribution in [3.63, 3.8) is 0 Å². The van der Waals surface area contributed by atoms with E-state index in [4.69, 9.17) is 22.5 Å². The molecule has 0 bridgehead atoms. The maximum absolute atomic E-state index is 12.0. The quantitative estimate of drug-likeness (QED) is 0.302. The van der Waals surface area contributed by atoms with Gasteiger partial charge < -0.3 is 21.4 Å². The lowest BCUT2D eigenvalue weighted by molar-refractivity contribution is 0.102. The highest BCUT2D eigenvalue weighted by Crippen LogP contribution is 2.23. The minimum Gasteiger partial charge on any atom is -0.507 e. The van der Waals surface area contributed by atoms with E-state index in [2.05, 4.69) is 10.5 Å². The van der Waals surface area contributed by atoms with Crippen molar-refractivity contribution >= 4 is 29.0 Å². The van der Waals surface area contributed by atoms with E-state index >= 15 is 0 Å². The number of rotatable bonds is 3. The number of aromatic hydroxyl groups is 1. The lowest BCUT2D eigenvalue weighted by Crippen LogP contribution is -2.14. The minimum atomic E-state index is -0.472. The number of nitrogens with zero attached hydrogens (tertiary/aromatic N) is 1. The Morgan fingerprint density at radius 2 is 1.86 bits per heavy atom. The van der Waals surface area contributed by atoms with Crippen LogP contribution in [0, 0.1) is 0 Å². The number of hydrogen-bond acceptors (Lipinski definition) is 4. The maximum Gasteiger partial charge on any atom is 0.259 e. The summed E-state index contributed by atoms with van der Waals surface area (Å²) in [5, 5.41) is 24.1. The molecular formula is C14H12ClN3O3. The van der Waals surface area contributed by atoms with Gasteiger partial charge in [-0.05, 0) is 42.5 Å². The Labute approximate surface area is 125 Å². The average Bonchev–Trinajstić information content (AvgIpc) is 2.47. The van der Waals surface area contributed by atoms with Crippen LogP contribution in [0.1, 0.15) is 15.9 Å². The minimum absolute atomic E-state index is 0.0248. The molecule has 0 saturated heterocycles. The van der Waals surface area contributed by atoms with Crippen molar-refractivity contribution in [2.75, 3.05) is 5.32 Å². The van der Waals surface area contributed by atoms with Crippen LogP contribution in [0.4, 0.5) is 5.69 Å². The highest BCUT2D eigenvalue weighted by Gasteiger charge is 2.11. The number of nitrogens with two attached hydrogens (primary N) is 1. The second kappa shape index (κ2) is 6.15. The Hall–Kier alpha value is -2.73. The molecule has 0 aliphatic heterocycles.